The Balaban J connectivity index is 1.57. The van der Waals surface area contributed by atoms with Crippen molar-refractivity contribution in [3.05, 3.63) is 93.8 Å². The highest BCUT2D eigenvalue weighted by molar-refractivity contribution is 7.89. The molecule has 5 nitrogen and oxygen atoms in total. The van der Waals surface area contributed by atoms with E-state index < -0.39 is 21.7 Å². The van der Waals surface area contributed by atoms with E-state index in [-0.39, 0.29) is 22.0 Å². The minimum absolute atomic E-state index is 0.0193. The molecule has 0 aliphatic carbocycles. The number of benzene rings is 3. The fourth-order valence-corrected chi connectivity index (χ4v) is 5.25. The topological polar surface area (TPSA) is 66.5 Å². The lowest BCUT2D eigenvalue weighted by atomic mass is 10.0. The van der Waals surface area contributed by atoms with Gasteiger partial charge in [-0.2, -0.15) is 4.31 Å². The lowest BCUT2D eigenvalue weighted by Crippen LogP contribution is -2.36. The standard InChI is InChI=1S/C23H20ClFN2O3S/c1-15-5-9-19(10-6-15)31(29,30)27-12-11-16-7-8-18(13-17(16)14-27)26-23(28)22-20(24)3-2-4-21(22)25/h2-10,13H,11-12,14H2,1H3,(H,26,28). The maximum Gasteiger partial charge on any atom is 0.260 e. The Labute approximate surface area is 185 Å². The summed E-state index contributed by atoms with van der Waals surface area (Å²) < 4.78 is 41.5. The number of nitrogens with one attached hydrogen (secondary N) is 1. The van der Waals surface area contributed by atoms with Gasteiger partial charge in [0.1, 0.15) is 5.82 Å². The van der Waals surface area contributed by atoms with E-state index in [4.69, 9.17) is 11.6 Å². The molecule has 8 heteroatoms. The van der Waals surface area contributed by atoms with E-state index in [1.807, 2.05) is 13.0 Å². The normalized spacial score (nSPS) is 14.2. The van der Waals surface area contributed by atoms with Crippen LogP contribution in [0.5, 0.6) is 0 Å². The number of nitrogens with zero attached hydrogens (tertiary/aromatic N) is 1. The summed E-state index contributed by atoms with van der Waals surface area (Å²) in [6.45, 7) is 2.47. The van der Waals surface area contributed by atoms with E-state index in [1.165, 1.54) is 22.5 Å². The van der Waals surface area contributed by atoms with E-state index in [2.05, 4.69) is 5.32 Å². The zero-order chi connectivity index (χ0) is 22.2. The van der Waals surface area contributed by atoms with Gasteiger partial charge in [0, 0.05) is 18.8 Å². The first-order chi connectivity index (χ1) is 14.8. The minimum Gasteiger partial charge on any atom is -0.322 e. The van der Waals surface area contributed by atoms with Crippen molar-refractivity contribution in [3.8, 4) is 0 Å². The summed E-state index contributed by atoms with van der Waals surface area (Å²) in [6.07, 6.45) is 0.563. The van der Waals surface area contributed by atoms with Gasteiger partial charge in [-0.05, 0) is 60.9 Å². The first-order valence-electron chi connectivity index (χ1n) is 9.70. The van der Waals surface area contributed by atoms with Crippen LogP contribution >= 0.6 is 11.6 Å². The van der Waals surface area contributed by atoms with E-state index in [0.29, 0.717) is 18.7 Å². The Morgan fingerprint density at radius 1 is 1.06 bits per heavy atom. The van der Waals surface area contributed by atoms with Gasteiger partial charge in [0.2, 0.25) is 10.0 Å². The molecule has 1 heterocycles. The zero-order valence-electron chi connectivity index (χ0n) is 16.7. The molecule has 1 aliphatic rings. The van der Waals surface area contributed by atoms with Gasteiger partial charge in [-0.1, -0.05) is 41.4 Å². The minimum atomic E-state index is -3.63. The fraction of sp³-hybridized carbons (Fsp3) is 0.174. The van der Waals surface area contributed by atoms with Gasteiger partial charge in [-0.15, -0.1) is 0 Å². The molecule has 0 fully saturated rings. The quantitative estimate of drug-likeness (QED) is 0.611. The van der Waals surface area contributed by atoms with Gasteiger partial charge < -0.3 is 5.32 Å². The molecule has 1 amide bonds. The third kappa shape index (κ3) is 4.35. The molecule has 0 saturated carbocycles. The molecule has 3 aromatic carbocycles. The number of halogens is 2. The predicted molar refractivity (Wildman–Crippen MR) is 118 cm³/mol. The number of hydrogen-bond acceptors (Lipinski definition) is 3. The largest absolute Gasteiger partial charge is 0.322 e. The molecule has 0 unspecified atom stereocenters. The molecule has 0 spiro atoms. The van der Waals surface area contributed by atoms with Crippen molar-refractivity contribution >= 4 is 33.2 Å². The van der Waals surface area contributed by atoms with Gasteiger partial charge in [0.05, 0.1) is 15.5 Å². The molecule has 0 saturated heterocycles. The summed E-state index contributed by atoms with van der Waals surface area (Å²) >= 11 is 5.97. The van der Waals surface area contributed by atoms with Crippen LogP contribution in [-0.2, 0) is 23.0 Å². The number of anilines is 1. The summed E-state index contributed by atoms with van der Waals surface area (Å²) in [6, 6.07) is 16.1. The molecule has 4 rings (SSSR count). The first-order valence-corrected chi connectivity index (χ1v) is 11.5. The van der Waals surface area contributed by atoms with Crippen LogP contribution in [-0.4, -0.2) is 25.2 Å². The molecule has 0 aromatic heterocycles. The van der Waals surface area contributed by atoms with Crippen LogP contribution in [0.1, 0.15) is 27.0 Å². The molecule has 160 valence electrons. The lowest BCUT2D eigenvalue weighted by molar-refractivity contribution is 0.102. The molecular formula is C23H20ClFN2O3S. The lowest BCUT2D eigenvalue weighted by Gasteiger charge is -2.28. The summed E-state index contributed by atoms with van der Waals surface area (Å²) in [5.41, 5.74) is 3.00. The second-order valence-electron chi connectivity index (χ2n) is 7.44. The van der Waals surface area contributed by atoms with E-state index in [0.717, 1.165) is 16.7 Å². The van der Waals surface area contributed by atoms with E-state index >= 15 is 0 Å². The van der Waals surface area contributed by atoms with Crippen LogP contribution in [0.4, 0.5) is 10.1 Å². The van der Waals surface area contributed by atoms with Gasteiger partial charge in [0.25, 0.3) is 5.91 Å². The number of sulfonamides is 1. The summed E-state index contributed by atoms with van der Waals surface area (Å²) in [5.74, 6) is -1.37. The Hall–Kier alpha value is -2.74. The Kier molecular flexibility index (Phi) is 5.83. The summed E-state index contributed by atoms with van der Waals surface area (Å²) in [7, 11) is -3.63. The van der Waals surface area contributed by atoms with Gasteiger partial charge in [-0.25, -0.2) is 12.8 Å². The van der Waals surface area contributed by atoms with Gasteiger partial charge >= 0.3 is 0 Å². The maximum absolute atomic E-state index is 14.0. The SMILES string of the molecule is Cc1ccc(S(=O)(=O)N2CCc3ccc(NC(=O)c4c(F)cccc4Cl)cc3C2)cc1. The molecule has 1 N–H and O–H groups in total. The molecule has 3 aromatic rings. The van der Waals surface area contributed by atoms with Crippen molar-refractivity contribution in [1.29, 1.82) is 0 Å². The highest BCUT2D eigenvalue weighted by Gasteiger charge is 2.28. The molecule has 31 heavy (non-hydrogen) atoms. The van der Waals surface area contributed by atoms with Crippen molar-refractivity contribution in [2.75, 3.05) is 11.9 Å². The fourth-order valence-electron chi connectivity index (χ4n) is 3.58. The van der Waals surface area contributed by atoms with Gasteiger partial charge in [0.15, 0.2) is 0 Å². The smallest absolute Gasteiger partial charge is 0.260 e. The number of hydrogen-bond donors (Lipinski definition) is 1. The number of carbonyl (C=O) groups excluding carboxylic acids is 1. The van der Waals surface area contributed by atoms with Crippen molar-refractivity contribution in [2.24, 2.45) is 0 Å². The molecule has 0 bridgehead atoms. The van der Waals surface area contributed by atoms with Crippen molar-refractivity contribution < 1.29 is 17.6 Å². The maximum atomic E-state index is 14.0. The second kappa shape index (κ2) is 8.42. The van der Waals surface area contributed by atoms with Crippen LogP contribution in [0.25, 0.3) is 0 Å². The van der Waals surface area contributed by atoms with Crippen LogP contribution in [0.15, 0.2) is 65.6 Å². The van der Waals surface area contributed by atoms with Crippen LogP contribution in [0.2, 0.25) is 5.02 Å². The molecule has 0 atom stereocenters. The Morgan fingerprint density at radius 2 is 1.81 bits per heavy atom. The highest BCUT2D eigenvalue weighted by Crippen LogP contribution is 2.28. The van der Waals surface area contributed by atoms with Crippen LogP contribution in [0, 0.1) is 12.7 Å². The average molecular weight is 459 g/mol. The Bertz CT molecular complexity index is 1240. The average Bonchev–Trinajstić information content (AvgIpc) is 2.73. The summed E-state index contributed by atoms with van der Waals surface area (Å²) in [5, 5.41) is 2.67. The number of fused-ring (bicyclic) bond motifs is 1. The number of carbonyl (C=O) groups is 1. The van der Waals surface area contributed by atoms with E-state index in [9.17, 15) is 17.6 Å². The molecule has 1 aliphatic heterocycles. The van der Waals surface area contributed by atoms with Crippen LogP contribution in [0.3, 0.4) is 0 Å². The highest BCUT2D eigenvalue weighted by atomic mass is 35.5. The Morgan fingerprint density at radius 3 is 2.52 bits per heavy atom. The van der Waals surface area contributed by atoms with Gasteiger partial charge in [-0.3, -0.25) is 4.79 Å². The summed E-state index contributed by atoms with van der Waals surface area (Å²) in [4.78, 5) is 12.8. The zero-order valence-corrected chi connectivity index (χ0v) is 18.3. The third-order valence-electron chi connectivity index (χ3n) is 5.29. The van der Waals surface area contributed by atoms with Crippen LogP contribution < -0.4 is 5.32 Å². The van der Waals surface area contributed by atoms with Crippen molar-refractivity contribution in [2.45, 2.75) is 24.8 Å². The van der Waals surface area contributed by atoms with Crippen molar-refractivity contribution in [3.63, 3.8) is 0 Å². The molecule has 0 radical (unpaired) electrons. The number of amides is 1. The predicted octanol–water partition coefficient (Wildman–Crippen LogP) is 4.79. The van der Waals surface area contributed by atoms with Crippen molar-refractivity contribution in [1.82, 2.24) is 4.31 Å². The second-order valence-corrected chi connectivity index (χ2v) is 9.78. The number of aryl methyl sites for hydroxylation is 1. The van der Waals surface area contributed by atoms with E-state index in [1.54, 1.807) is 36.4 Å². The monoisotopic (exact) mass is 458 g/mol. The molecular weight excluding hydrogens is 439 g/mol. The first kappa shape index (κ1) is 21.5. The number of rotatable bonds is 4. The third-order valence-corrected chi connectivity index (χ3v) is 7.46.